The highest BCUT2D eigenvalue weighted by molar-refractivity contribution is 5.30. The second-order valence-corrected chi connectivity index (χ2v) is 5.10. The molecule has 1 aromatic carbocycles. The first kappa shape index (κ1) is 12.8. The van der Waals surface area contributed by atoms with Crippen LogP contribution in [0.3, 0.4) is 0 Å². The number of rotatable bonds is 5. The van der Waals surface area contributed by atoms with Crippen LogP contribution in [0.5, 0.6) is 5.75 Å². The zero-order valence-corrected chi connectivity index (χ0v) is 10.4. The standard InChI is InChI=1S/C14H17FN2O/c1-10(17)11-2-3-13(12(15)8-11)18-9-14(4-5-14)6-7-16/h2-3,8,10H,4-6,9,17H2,1H3/t10-/m0/s1. The van der Waals surface area contributed by atoms with E-state index in [4.69, 9.17) is 15.7 Å². The Balaban J connectivity index is 2.00. The summed E-state index contributed by atoms with van der Waals surface area (Å²) >= 11 is 0. The zero-order chi connectivity index (χ0) is 13.2. The summed E-state index contributed by atoms with van der Waals surface area (Å²) in [5.41, 5.74) is 6.39. The molecule has 2 rings (SSSR count). The van der Waals surface area contributed by atoms with Crippen LogP contribution in [-0.2, 0) is 0 Å². The second kappa shape index (κ2) is 4.95. The monoisotopic (exact) mass is 248 g/mol. The Morgan fingerprint density at radius 1 is 1.56 bits per heavy atom. The van der Waals surface area contributed by atoms with Gasteiger partial charge >= 0.3 is 0 Å². The van der Waals surface area contributed by atoms with E-state index in [0.29, 0.717) is 13.0 Å². The van der Waals surface area contributed by atoms with Gasteiger partial charge < -0.3 is 10.5 Å². The second-order valence-electron chi connectivity index (χ2n) is 5.10. The van der Waals surface area contributed by atoms with Crippen LogP contribution in [0.15, 0.2) is 18.2 Å². The summed E-state index contributed by atoms with van der Waals surface area (Å²) in [7, 11) is 0. The SMILES string of the molecule is C[C@H](N)c1ccc(OCC2(CC#N)CC2)c(F)c1. The summed E-state index contributed by atoms with van der Waals surface area (Å²) in [6.45, 7) is 2.22. The summed E-state index contributed by atoms with van der Waals surface area (Å²) in [4.78, 5) is 0. The van der Waals surface area contributed by atoms with Gasteiger partial charge in [-0.25, -0.2) is 4.39 Å². The Kier molecular flexibility index (Phi) is 3.53. The van der Waals surface area contributed by atoms with Gasteiger partial charge in [0.25, 0.3) is 0 Å². The van der Waals surface area contributed by atoms with Gasteiger partial charge in [-0.2, -0.15) is 5.26 Å². The van der Waals surface area contributed by atoms with E-state index in [1.807, 2.05) is 0 Å². The maximum Gasteiger partial charge on any atom is 0.165 e. The van der Waals surface area contributed by atoms with Crippen molar-refractivity contribution in [3.8, 4) is 11.8 Å². The molecule has 0 spiro atoms. The van der Waals surface area contributed by atoms with Crippen LogP contribution in [-0.4, -0.2) is 6.61 Å². The predicted molar refractivity (Wildman–Crippen MR) is 66.4 cm³/mol. The normalized spacial score (nSPS) is 17.9. The van der Waals surface area contributed by atoms with E-state index in [9.17, 15) is 4.39 Å². The summed E-state index contributed by atoms with van der Waals surface area (Å²) in [6.07, 6.45) is 2.45. The van der Waals surface area contributed by atoms with Gasteiger partial charge in [-0.15, -0.1) is 0 Å². The van der Waals surface area contributed by atoms with E-state index >= 15 is 0 Å². The average Bonchev–Trinajstić information content (AvgIpc) is 3.08. The van der Waals surface area contributed by atoms with E-state index in [0.717, 1.165) is 18.4 Å². The molecule has 2 N–H and O–H groups in total. The van der Waals surface area contributed by atoms with Gasteiger partial charge in [0.2, 0.25) is 0 Å². The first-order valence-corrected chi connectivity index (χ1v) is 6.11. The molecule has 0 heterocycles. The quantitative estimate of drug-likeness (QED) is 0.871. The molecular formula is C14H17FN2O. The fourth-order valence-corrected chi connectivity index (χ4v) is 1.86. The van der Waals surface area contributed by atoms with Gasteiger partial charge in [0.15, 0.2) is 11.6 Å². The van der Waals surface area contributed by atoms with Gasteiger partial charge in [0.05, 0.1) is 12.7 Å². The molecule has 0 saturated heterocycles. The van der Waals surface area contributed by atoms with Gasteiger partial charge in [0.1, 0.15) is 0 Å². The first-order valence-electron chi connectivity index (χ1n) is 6.11. The van der Waals surface area contributed by atoms with E-state index in [1.54, 1.807) is 19.1 Å². The molecule has 0 unspecified atom stereocenters. The lowest BCUT2D eigenvalue weighted by Crippen LogP contribution is -2.13. The van der Waals surface area contributed by atoms with Crippen molar-refractivity contribution in [3.63, 3.8) is 0 Å². The molecule has 1 aliphatic rings. The maximum atomic E-state index is 13.7. The Bertz CT molecular complexity index is 475. The molecule has 1 fully saturated rings. The number of hydrogen-bond acceptors (Lipinski definition) is 3. The number of halogens is 1. The molecule has 0 radical (unpaired) electrons. The Morgan fingerprint density at radius 3 is 2.78 bits per heavy atom. The smallest absolute Gasteiger partial charge is 0.165 e. The Hall–Kier alpha value is -1.60. The number of nitrogens with two attached hydrogens (primary N) is 1. The third-order valence-corrected chi connectivity index (χ3v) is 3.43. The van der Waals surface area contributed by atoms with Crippen molar-refractivity contribution >= 4 is 0 Å². The third kappa shape index (κ3) is 2.80. The van der Waals surface area contributed by atoms with Crippen molar-refractivity contribution in [2.75, 3.05) is 6.61 Å². The van der Waals surface area contributed by atoms with Crippen LogP contribution in [0, 0.1) is 22.6 Å². The lowest BCUT2D eigenvalue weighted by molar-refractivity contribution is 0.227. The summed E-state index contributed by atoms with van der Waals surface area (Å²) < 4.78 is 19.2. The van der Waals surface area contributed by atoms with Crippen molar-refractivity contribution in [1.29, 1.82) is 5.26 Å². The molecular weight excluding hydrogens is 231 g/mol. The fraction of sp³-hybridized carbons (Fsp3) is 0.500. The van der Waals surface area contributed by atoms with Crippen LogP contribution >= 0.6 is 0 Å². The molecule has 0 aliphatic heterocycles. The number of hydrogen-bond donors (Lipinski definition) is 1. The van der Waals surface area contributed by atoms with Crippen molar-refractivity contribution in [2.24, 2.45) is 11.1 Å². The number of nitrogens with zero attached hydrogens (tertiary/aromatic N) is 1. The minimum absolute atomic E-state index is 0.0407. The van der Waals surface area contributed by atoms with Gasteiger partial charge in [-0.05, 0) is 37.5 Å². The lowest BCUT2D eigenvalue weighted by atomic mass is 10.1. The van der Waals surface area contributed by atoms with Crippen molar-refractivity contribution in [2.45, 2.75) is 32.2 Å². The van der Waals surface area contributed by atoms with Crippen LogP contribution in [0.4, 0.5) is 4.39 Å². The number of ether oxygens (including phenoxy) is 1. The first-order chi connectivity index (χ1) is 8.56. The maximum absolute atomic E-state index is 13.7. The molecule has 1 aromatic rings. The van der Waals surface area contributed by atoms with E-state index in [1.165, 1.54) is 6.07 Å². The molecule has 0 aromatic heterocycles. The molecule has 3 nitrogen and oxygen atoms in total. The molecule has 0 amide bonds. The number of nitriles is 1. The van der Waals surface area contributed by atoms with Crippen molar-refractivity contribution < 1.29 is 9.13 Å². The van der Waals surface area contributed by atoms with Gasteiger partial charge in [0, 0.05) is 17.9 Å². The third-order valence-electron chi connectivity index (χ3n) is 3.43. The highest BCUT2D eigenvalue weighted by atomic mass is 19.1. The molecule has 1 aliphatic carbocycles. The van der Waals surface area contributed by atoms with Gasteiger partial charge in [-0.1, -0.05) is 6.07 Å². The summed E-state index contributed by atoms with van der Waals surface area (Å²) in [6, 6.07) is 6.75. The molecule has 1 saturated carbocycles. The van der Waals surface area contributed by atoms with E-state index < -0.39 is 5.82 Å². The lowest BCUT2D eigenvalue weighted by Gasteiger charge is -2.14. The van der Waals surface area contributed by atoms with Crippen LogP contribution in [0.25, 0.3) is 0 Å². The zero-order valence-electron chi connectivity index (χ0n) is 10.4. The van der Waals surface area contributed by atoms with Gasteiger partial charge in [-0.3, -0.25) is 0 Å². The highest BCUT2D eigenvalue weighted by Crippen LogP contribution is 2.48. The van der Waals surface area contributed by atoms with Crippen LogP contribution < -0.4 is 10.5 Å². The fourth-order valence-electron chi connectivity index (χ4n) is 1.86. The Morgan fingerprint density at radius 2 is 2.28 bits per heavy atom. The van der Waals surface area contributed by atoms with E-state index in [-0.39, 0.29) is 17.2 Å². The molecule has 18 heavy (non-hydrogen) atoms. The topological polar surface area (TPSA) is 59.0 Å². The number of benzene rings is 1. The van der Waals surface area contributed by atoms with E-state index in [2.05, 4.69) is 6.07 Å². The largest absolute Gasteiger partial charge is 0.490 e. The van der Waals surface area contributed by atoms with Crippen molar-refractivity contribution in [1.82, 2.24) is 0 Å². The minimum atomic E-state index is -0.391. The summed E-state index contributed by atoms with van der Waals surface area (Å²) in [5, 5.41) is 8.70. The molecule has 96 valence electrons. The van der Waals surface area contributed by atoms with Crippen LogP contribution in [0.1, 0.15) is 37.8 Å². The molecule has 1 atom stereocenters. The average molecular weight is 248 g/mol. The predicted octanol–water partition coefficient (Wildman–Crippen LogP) is 2.92. The Labute approximate surface area is 106 Å². The van der Waals surface area contributed by atoms with Crippen LogP contribution in [0.2, 0.25) is 0 Å². The minimum Gasteiger partial charge on any atom is -0.490 e. The molecule has 0 bridgehead atoms. The molecule has 4 heteroatoms. The summed E-state index contributed by atoms with van der Waals surface area (Å²) in [5.74, 6) is -0.152. The highest BCUT2D eigenvalue weighted by Gasteiger charge is 2.43. The van der Waals surface area contributed by atoms with Crippen molar-refractivity contribution in [3.05, 3.63) is 29.6 Å².